The largest absolute Gasteiger partial charge is 0.458 e. The molecule has 0 spiro atoms. The summed E-state index contributed by atoms with van der Waals surface area (Å²) in [6, 6.07) is 0. The summed E-state index contributed by atoms with van der Waals surface area (Å²) in [5.41, 5.74) is 0.270. The summed E-state index contributed by atoms with van der Waals surface area (Å²) in [6.45, 7) is 4.48. The van der Waals surface area contributed by atoms with Gasteiger partial charge >= 0.3 is 5.97 Å². The number of rotatable bonds is 1. The number of hydrogen-bond donors (Lipinski definition) is 0. The summed E-state index contributed by atoms with van der Waals surface area (Å²) in [5, 5.41) is 0. The number of fused-ring (bicyclic) bond motifs is 1. The Morgan fingerprint density at radius 3 is 2.58 bits per heavy atom. The highest BCUT2D eigenvalue weighted by Crippen LogP contribution is 2.76. The number of hydrogen-bond acceptors (Lipinski definition) is 2. The summed E-state index contributed by atoms with van der Waals surface area (Å²) >= 11 is 0. The first kappa shape index (κ1) is 6.93. The minimum atomic E-state index is -0.00984. The molecule has 12 heavy (non-hydrogen) atoms. The molecule has 1 heterocycles. The van der Waals surface area contributed by atoms with Crippen molar-refractivity contribution in [1.82, 2.24) is 0 Å². The Morgan fingerprint density at radius 1 is 1.42 bits per heavy atom. The van der Waals surface area contributed by atoms with Crippen molar-refractivity contribution in [2.75, 3.05) is 0 Å². The lowest BCUT2D eigenvalue weighted by Crippen LogP contribution is -2.24. The van der Waals surface area contributed by atoms with E-state index in [1.54, 1.807) is 0 Å². The Kier molecular flexibility index (Phi) is 0.906. The van der Waals surface area contributed by atoms with Crippen molar-refractivity contribution < 1.29 is 9.53 Å². The minimum Gasteiger partial charge on any atom is -0.458 e. The van der Waals surface area contributed by atoms with Crippen molar-refractivity contribution in [2.24, 2.45) is 17.3 Å². The van der Waals surface area contributed by atoms with Gasteiger partial charge < -0.3 is 4.74 Å². The number of esters is 1. The molecule has 0 aromatic rings. The molecule has 2 aliphatic carbocycles. The third kappa shape index (κ3) is 0.511. The minimum absolute atomic E-state index is 0.00984. The molecule has 1 aliphatic heterocycles. The van der Waals surface area contributed by atoms with Gasteiger partial charge in [-0.1, -0.05) is 13.8 Å². The second-order valence-corrected chi connectivity index (χ2v) is 5.02. The van der Waals surface area contributed by atoms with E-state index < -0.39 is 0 Å². The van der Waals surface area contributed by atoms with Gasteiger partial charge in [0.2, 0.25) is 0 Å². The van der Waals surface area contributed by atoms with E-state index in [1.807, 2.05) is 0 Å². The summed E-state index contributed by atoms with van der Waals surface area (Å²) in [6.07, 6.45) is 3.21. The lowest BCUT2D eigenvalue weighted by Gasteiger charge is -2.18. The van der Waals surface area contributed by atoms with Crippen LogP contribution in [0.3, 0.4) is 0 Å². The second-order valence-electron chi connectivity index (χ2n) is 5.02. The predicted molar refractivity (Wildman–Crippen MR) is 43.4 cm³/mol. The molecule has 0 aromatic heterocycles. The van der Waals surface area contributed by atoms with Crippen molar-refractivity contribution in [2.45, 2.75) is 38.7 Å². The number of carbonyl (C=O) groups is 1. The fourth-order valence-corrected chi connectivity index (χ4v) is 3.28. The summed E-state index contributed by atoms with van der Waals surface area (Å²) in [4.78, 5) is 11.1. The standard InChI is InChI=1S/C10H14O2/c1-9(2)7-5-8(11)12-10(7,9)6-3-4-6/h6-7H,3-5H2,1-2H3. The van der Waals surface area contributed by atoms with Crippen LogP contribution in [-0.2, 0) is 9.53 Å². The van der Waals surface area contributed by atoms with Crippen LogP contribution >= 0.6 is 0 Å². The van der Waals surface area contributed by atoms with Gasteiger partial charge in [0, 0.05) is 11.3 Å². The van der Waals surface area contributed by atoms with E-state index >= 15 is 0 Å². The Bertz CT molecular complexity index is 265. The molecule has 0 radical (unpaired) electrons. The zero-order valence-corrected chi connectivity index (χ0v) is 7.59. The summed E-state index contributed by atoms with van der Waals surface area (Å²) in [7, 11) is 0. The molecule has 2 saturated carbocycles. The molecule has 3 rings (SSSR count). The zero-order valence-electron chi connectivity index (χ0n) is 7.59. The Balaban J connectivity index is 1.97. The van der Waals surface area contributed by atoms with Crippen LogP contribution in [-0.4, -0.2) is 11.6 Å². The van der Waals surface area contributed by atoms with Crippen LogP contribution in [0.5, 0.6) is 0 Å². The number of carbonyl (C=O) groups excluding carboxylic acids is 1. The molecule has 1 saturated heterocycles. The highest BCUT2D eigenvalue weighted by Gasteiger charge is 2.82. The van der Waals surface area contributed by atoms with Gasteiger partial charge in [-0.15, -0.1) is 0 Å². The van der Waals surface area contributed by atoms with Crippen LogP contribution in [0.2, 0.25) is 0 Å². The maximum absolute atomic E-state index is 11.1. The molecule has 0 N–H and O–H groups in total. The van der Waals surface area contributed by atoms with E-state index in [0.29, 0.717) is 18.3 Å². The number of ether oxygens (including phenoxy) is 1. The first-order valence-electron chi connectivity index (χ1n) is 4.81. The fraction of sp³-hybridized carbons (Fsp3) is 0.900. The lowest BCUT2D eigenvalue weighted by atomic mass is 10.0. The topological polar surface area (TPSA) is 26.3 Å². The molecular weight excluding hydrogens is 152 g/mol. The van der Waals surface area contributed by atoms with Gasteiger partial charge in [0.15, 0.2) is 0 Å². The van der Waals surface area contributed by atoms with E-state index in [1.165, 1.54) is 12.8 Å². The first-order chi connectivity index (χ1) is 5.59. The third-order valence-corrected chi connectivity index (χ3v) is 4.15. The van der Waals surface area contributed by atoms with Gasteiger partial charge in [-0.25, -0.2) is 0 Å². The monoisotopic (exact) mass is 166 g/mol. The van der Waals surface area contributed by atoms with E-state index in [-0.39, 0.29) is 17.0 Å². The molecule has 0 amide bonds. The molecule has 2 unspecified atom stereocenters. The summed E-state index contributed by atoms with van der Waals surface area (Å²) in [5.74, 6) is 1.26. The van der Waals surface area contributed by atoms with E-state index in [9.17, 15) is 4.79 Å². The molecular formula is C10H14O2. The highest BCUT2D eigenvalue weighted by atomic mass is 16.6. The van der Waals surface area contributed by atoms with Crippen LogP contribution in [0.15, 0.2) is 0 Å². The molecule has 2 nitrogen and oxygen atoms in total. The maximum Gasteiger partial charge on any atom is 0.306 e. The normalized spacial score (nSPS) is 48.5. The molecule has 0 bridgehead atoms. The predicted octanol–water partition coefficient (Wildman–Crippen LogP) is 1.74. The van der Waals surface area contributed by atoms with Gasteiger partial charge in [0.1, 0.15) is 5.60 Å². The van der Waals surface area contributed by atoms with Gasteiger partial charge in [-0.3, -0.25) is 4.79 Å². The van der Waals surface area contributed by atoms with Crippen molar-refractivity contribution in [3.63, 3.8) is 0 Å². The Labute approximate surface area is 72.3 Å². The van der Waals surface area contributed by atoms with E-state index in [4.69, 9.17) is 4.74 Å². The van der Waals surface area contributed by atoms with Crippen molar-refractivity contribution in [1.29, 1.82) is 0 Å². The fourth-order valence-electron chi connectivity index (χ4n) is 3.28. The molecule has 2 atom stereocenters. The van der Waals surface area contributed by atoms with Crippen molar-refractivity contribution >= 4 is 5.97 Å². The smallest absolute Gasteiger partial charge is 0.306 e. The highest BCUT2D eigenvalue weighted by molar-refractivity contribution is 5.76. The third-order valence-electron chi connectivity index (χ3n) is 4.15. The van der Waals surface area contributed by atoms with Gasteiger partial charge in [-0.2, -0.15) is 0 Å². The molecule has 2 heteroatoms. The molecule has 0 aromatic carbocycles. The van der Waals surface area contributed by atoms with Gasteiger partial charge in [0.05, 0.1) is 6.42 Å². The second kappa shape index (κ2) is 1.57. The van der Waals surface area contributed by atoms with Crippen molar-refractivity contribution in [3.05, 3.63) is 0 Å². The average Bonchev–Trinajstić information content (AvgIpc) is 2.82. The van der Waals surface area contributed by atoms with E-state index in [0.717, 1.165) is 0 Å². The first-order valence-corrected chi connectivity index (χ1v) is 4.81. The SMILES string of the molecule is CC1(C)C2CC(=O)OC21C1CC1. The zero-order chi connectivity index (χ0) is 8.56. The van der Waals surface area contributed by atoms with Crippen LogP contribution in [0.4, 0.5) is 0 Å². The van der Waals surface area contributed by atoms with Crippen LogP contribution < -0.4 is 0 Å². The molecule has 3 fully saturated rings. The molecule has 3 aliphatic rings. The summed E-state index contributed by atoms with van der Waals surface area (Å²) < 4.78 is 5.52. The van der Waals surface area contributed by atoms with Crippen molar-refractivity contribution in [3.8, 4) is 0 Å². The van der Waals surface area contributed by atoms with Gasteiger partial charge in [-0.05, 0) is 18.8 Å². The Morgan fingerprint density at radius 2 is 2.08 bits per heavy atom. The average molecular weight is 166 g/mol. The van der Waals surface area contributed by atoms with Crippen LogP contribution in [0.25, 0.3) is 0 Å². The quantitative estimate of drug-likeness (QED) is 0.554. The van der Waals surface area contributed by atoms with E-state index in [2.05, 4.69) is 13.8 Å². The van der Waals surface area contributed by atoms with Gasteiger partial charge in [0.25, 0.3) is 0 Å². The van der Waals surface area contributed by atoms with Crippen LogP contribution in [0, 0.1) is 17.3 Å². The Hall–Kier alpha value is -0.530. The maximum atomic E-state index is 11.1. The molecule has 66 valence electrons. The lowest BCUT2D eigenvalue weighted by molar-refractivity contribution is -0.149. The van der Waals surface area contributed by atoms with Crippen LogP contribution in [0.1, 0.15) is 33.1 Å².